The van der Waals surface area contributed by atoms with E-state index < -0.39 is 17.9 Å². The van der Waals surface area contributed by atoms with Gasteiger partial charge in [-0.25, -0.2) is 9.59 Å². The van der Waals surface area contributed by atoms with Crippen molar-refractivity contribution in [1.82, 2.24) is 25.0 Å². The Morgan fingerprint density at radius 2 is 1.69 bits per heavy atom. The second-order valence-corrected chi connectivity index (χ2v) is 12.5. The van der Waals surface area contributed by atoms with Crippen LogP contribution in [0.2, 0.25) is 0 Å². The van der Waals surface area contributed by atoms with Gasteiger partial charge in [-0.2, -0.15) is 9.78 Å². The van der Waals surface area contributed by atoms with E-state index in [4.69, 9.17) is 4.74 Å². The summed E-state index contributed by atoms with van der Waals surface area (Å²) in [6.45, 7) is 10.8. The molecule has 4 amide bonds. The summed E-state index contributed by atoms with van der Waals surface area (Å²) >= 11 is 0. The highest BCUT2D eigenvalue weighted by atomic mass is 16.5. The van der Waals surface area contributed by atoms with Crippen LogP contribution in [-0.2, 0) is 9.59 Å². The fourth-order valence-electron chi connectivity index (χ4n) is 6.18. The number of esters is 1. The quantitative estimate of drug-likeness (QED) is 0.0590. The molecule has 2 aromatic heterocycles. The third-order valence-electron chi connectivity index (χ3n) is 9.02. The molecule has 14 heteroatoms. The van der Waals surface area contributed by atoms with Gasteiger partial charge in [-0.15, -0.1) is 0 Å². The van der Waals surface area contributed by atoms with Crippen LogP contribution in [0.1, 0.15) is 51.5 Å². The topological polar surface area (TPSA) is 180 Å². The minimum Gasteiger partial charge on any atom is -0.423 e. The SMILES string of the molecule is CCN(CC)CCNC(=O)c1c(C)[nH]c(/C=C2\C(=O)Nc3ccc(OC(=O)/C=C/C(=O)n4ncc5ccc(NC(=O)Nc6ccccc6)cc54)cc32)c1C. The molecule has 5 N–H and O–H groups in total. The molecular formula is C40H40N8O6. The first kappa shape index (κ1) is 37.0. The summed E-state index contributed by atoms with van der Waals surface area (Å²) < 4.78 is 6.60. The largest absolute Gasteiger partial charge is 0.423 e. The van der Waals surface area contributed by atoms with Gasteiger partial charge < -0.3 is 35.9 Å². The zero-order chi connectivity index (χ0) is 38.4. The van der Waals surface area contributed by atoms with Crippen molar-refractivity contribution in [3.8, 4) is 5.75 Å². The number of amides is 4. The number of hydrogen-bond acceptors (Lipinski definition) is 8. The van der Waals surface area contributed by atoms with Gasteiger partial charge in [0, 0.05) is 64.6 Å². The molecule has 0 spiro atoms. The second kappa shape index (κ2) is 16.3. The summed E-state index contributed by atoms with van der Waals surface area (Å²) in [7, 11) is 0. The van der Waals surface area contributed by atoms with E-state index in [9.17, 15) is 24.0 Å². The summed E-state index contributed by atoms with van der Waals surface area (Å²) in [6.07, 6.45) is 5.19. The zero-order valence-electron chi connectivity index (χ0n) is 30.3. The van der Waals surface area contributed by atoms with E-state index in [-0.39, 0.29) is 17.6 Å². The molecule has 1 aliphatic heterocycles. The predicted molar refractivity (Wildman–Crippen MR) is 208 cm³/mol. The molecule has 0 aliphatic carbocycles. The monoisotopic (exact) mass is 728 g/mol. The van der Waals surface area contributed by atoms with Crippen LogP contribution in [0.25, 0.3) is 22.6 Å². The maximum atomic E-state index is 13.1. The maximum Gasteiger partial charge on any atom is 0.336 e. The van der Waals surface area contributed by atoms with Crippen molar-refractivity contribution in [3.05, 3.63) is 113 Å². The number of carbonyl (C=O) groups excluding carboxylic acids is 5. The fourth-order valence-corrected chi connectivity index (χ4v) is 6.18. The van der Waals surface area contributed by atoms with Gasteiger partial charge in [0.25, 0.3) is 17.7 Å². The van der Waals surface area contributed by atoms with E-state index in [1.165, 1.54) is 12.3 Å². The Labute approximate surface area is 311 Å². The van der Waals surface area contributed by atoms with Crippen molar-refractivity contribution < 1.29 is 28.7 Å². The van der Waals surface area contributed by atoms with Gasteiger partial charge in [0.1, 0.15) is 5.75 Å². The molecule has 0 bridgehead atoms. The number of fused-ring (bicyclic) bond motifs is 2. The first-order chi connectivity index (χ1) is 26.0. The molecule has 0 atom stereocenters. The van der Waals surface area contributed by atoms with Gasteiger partial charge in [-0.1, -0.05) is 32.0 Å². The van der Waals surface area contributed by atoms with Crippen molar-refractivity contribution in [3.63, 3.8) is 0 Å². The Morgan fingerprint density at radius 3 is 2.44 bits per heavy atom. The van der Waals surface area contributed by atoms with E-state index >= 15 is 0 Å². The van der Waals surface area contributed by atoms with E-state index in [1.807, 2.05) is 19.9 Å². The van der Waals surface area contributed by atoms with Gasteiger partial charge in [0.2, 0.25) is 0 Å². The van der Waals surface area contributed by atoms with Gasteiger partial charge in [-0.05, 0) is 87.1 Å². The molecule has 276 valence electrons. The first-order valence-corrected chi connectivity index (χ1v) is 17.5. The molecule has 3 heterocycles. The fraction of sp³-hybridized carbons (Fsp3) is 0.200. The number of aromatic amines is 1. The summed E-state index contributed by atoms with van der Waals surface area (Å²) in [4.78, 5) is 69.9. The average Bonchev–Trinajstić information content (AvgIpc) is 3.81. The predicted octanol–water partition coefficient (Wildman–Crippen LogP) is 5.99. The number of aryl methyl sites for hydroxylation is 1. The lowest BCUT2D eigenvalue weighted by atomic mass is 10.0. The third-order valence-corrected chi connectivity index (χ3v) is 9.02. The molecular weight excluding hydrogens is 688 g/mol. The number of H-pyrrole nitrogens is 1. The van der Waals surface area contributed by atoms with Crippen LogP contribution in [0.3, 0.4) is 0 Å². The van der Waals surface area contributed by atoms with Crippen LogP contribution in [0.4, 0.5) is 21.9 Å². The molecule has 0 unspecified atom stereocenters. The molecule has 6 rings (SSSR count). The number of allylic oxidation sites excluding steroid dienone is 1. The normalized spacial score (nSPS) is 13.0. The highest BCUT2D eigenvalue weighted by Crippen LogP contribution is 2.36. The third kappa shape index (κ3) is 8.29. The molecule has 0 saturated carbocycles. The number of nitrogens with zero attached hydrogens (tertiary/aromatic N) is 3. The van der Waals surface area contributed by atoms with Gasteiger partial charge in [0.15, 0.2) is 0 Å². The smallest absolute Gasteiger partial charge is 0.336 e. The van der Waals surface area contributed by atoms with E-state index in [0.29, 0.717) is 68.2 Å². The Kier molecular flexibility index (Phi) is 11.1. The minimum absolute atomic E-state index is 0.153. The molecule has 0 fully saturated rings. The van der Waals surface area contributed by atoms with Crippen molar-refractivity contribution in [1.29, 1.82) is 0 Å². The molecule has 54 heavy (non-hydrogen) atoms. The lowest BCUT2D eigenvalue weighted by Crippen LogP contribution is -2.35. The number of rotatable bonds is 12. The zero-order valence-corrected chi connectivity index (χ0v) is 30.3. The molecule has 0 radical (unpaired) electrons. The van der Waals surface area contributed by atoms with Crippen molar-refractivity contribution >= 4 is 69.3 Å². The van der Waals surface area contributed by atoms with Crippen LogP contribution >= 0.6 is 0 Å². The highest BCUT2D eigenvalue weighted by Gasteiger charge is 2.27. The van der Waals surface area contributed by atoms with Gasteiger partial charge >= 0.3 is 12.0 Å². The number of urea groups is 1. The number of likely N-dealkylation sites (N-methyl/N-ethyl adjacent to an activating group) is 1. The van der Waals surface area contributed by atoms with Crippen LogP contribution in [0.5, 0.6) is 5.75 Å². The number of para-hydroxylation sites is 1. The first-order valence-electron chi connectivity index (χ1n) is 17.5. The number of nitrogens with one attached hydrogen (secondary N) is 5. The average molecular weight is 729 g/mol. The van der Waals surface area contributed by atoms with Crippen LogP contribution in [-0.4, -0.2) is 75.6 Å². The van der Waals surface area contributed by atoms with Crippen LogP contribution in [0, 0.1) is 13.8 Å². The van der Waals surface area contributed by atoms with E-state index in [2.05, 4.69) is 50.1 Å². The molecule has 3 aromatic carbocycles. The summed E-state index contributed by atoms with van der Waals surface area (Å²) in [5.74, 6) is -1.83. The lowest BCUT2D eigenvalue weighted by molar-refractivity contribution is -0.129. The van der Waals surface area contributed by atoms with Crippen LogP contribution in [0.15, 0.2) is 85.1 Å². The van der Waals surface area contributed by atoms with E-state index in [1.54, 1.807) is 60.7 Å². The van der Waals surface area contributed by atoms with Gasteiger partial charge in [0.05, 0.1) is 22.9 Å². The number of benzene rings is 3. The minimum atomic E-state index is -0.824. The van der Waals surface area contributed by atoms with Crippen LogP contribution < -0.4 is 26.0 Å². The molecule has 0 saturated heterocycles. The Balaban J connectivity index is 1.12. The number of aromatic nitrogens is 3. The summed E-state index contributed by atoms with van der Waals surface area (Å²) in [6, 6.07) is 18.2. The maximum absolute atomic E-state index is 13.1. The van der Waals surface area contributed by atoms with Crippen molar-refractivity contribution in [2.45, 2.75) is 27.7 Å². The highest BCUT2D eigenvalue weighted by molar-refractivity contribution is 6.35. The number of carbonyl (C=O) groups is 5. The number of anilines is 3. The Bertz CT molecular complexity index is 2320. The molecule has 1 aliphatic rings. The van der Waals surface area contributed by atoms with Crippen molar-refractivity contribution in [2.24, 2.45) is 0 Å². The van der Waals surface area contributed by atoms with Gasteiger partial charge in [-0.3, -0.25) is 14.4 Å². The number of hydrogen-bond donors (Lipinski definition) is 5. The summed E-state index contributed by atoms with van der Waals surface area (Å²) in [5.41, 5.74) is 5.33. The Hall–Kier alpha value is -6.80. The second-order valence-electron chi connectivity index (χ2n) is 12.5. The standard InChI is InChI=1S/C40H40N8O6/c1-5-47(6-2)19-18-41-39(52)37-24(3)33(43-25(37)4)22-31-30-21-29(14-15-32(30)46-38(31)51)54-36(50)17-16-35(49)48-34-20-28(13-12-26(34)23-42-48)45-40(53)44-27-10-8-7-9-11-27/h7-17,20-23,43H,5-6,18-19H2,1-4H3,(H,41,52)(H,46,51)(H2,44,45,53)/b17-16+,31-22-. The molecule has 5 aromatic rings. The molecule has 14 nitrogen and oxygen atoms in total. The number of ether oxygens (including phenoxy) is 1. The lowest BCUT2D eigenvalue weighted by Gasteiger charge is -2.18. The van der Waals surface area contributed by atoms with E-state index in [0.717, 1.165) is 36.5 Å². The Morgan fingerprint density at radius 1 is 0.926 bits per heavy atom. The summed E-state index contributed by atoms with van der Waals surface area (Å²) in [5, 5.41) is 16.1. The van der Waals surface area contributed by atoms with Crippen molar-refractivity contribution in [2.75, 3.05) is 42.1 Å².